The lowest BCUT2D eigenvalue weighted by Crippen LogP contribution is -2.13. The van der Waals surface area contributed by atoms with Gasteiger partial charge in [-0.25, -0.2) is 0 Å². The zero-order valence-corrected chi connectivity index (χ0v) is 8.52. The molecule has 1 nitrogen and oxygen atoms in total. The molecular weight excluding hydrogens is 178 g/mol. The first-order valence-electron chi connectivity index (χ1n) is 4.84. The highest BCUT2D eigenvalue weighted by molar-refractivity contribution is 7.07. The molecule has 0 radical (unpaired) electrons. The predicted octanol–water partition coefficient (Wildman–Crippen LogP) is 3.25. The van der Waals surface area contributed by atoms with Gasteiger partial charge >= 0.3 is 0 Å². The van der Waals surface area contributed by atoms with E-state index in [9.17, 15) is 0 Å². The Labute approximate surface area is 83.3 Å². The Hall–Kier alpha value is -0.600. The maximum absolute atomic E-state index is 6.15. The van der Waals surface area contributed by atoms with E-state index >= 15 is 0 Å². The SMILES string of the molecule is NC(C1=CCCCC1)c1ccsc1. The Morgan fingerprint density at radius 2 is 2.31 bits per heavy atom. The van der Waals surface area contributed by atoms with Gasteiger partial charge in [0.05, 0.1) is 6.04 Å². The summed E-state index contributed by atoms with van der Waals surface area (Å²) in [7, 11) is 0. The number of hydrogen-bond acceptors (Lipinski definition) is 2. The number of thiophene rings is 1. The van der Waals surface area contributed by atoms with Gasteiger partial charge in [0.15, 0.2) is 0 Å². The molecule has 0 saturated carbocycles. The number of rotatable bonds is 2. The summed E-state index contributed by atoms with van der Waals surface area (Å²) in [5.41, 5.74) is 8.86. The van der Waals surface area contributed by atoms with Gasteiger partial charge in [0.1, 0.15) is 0 Å². The van der Waals surface area contributed by atoms with E-state index < -0.39 is 0 Å². The van der Waals surface area contributed by atoms with Gasteiger partial charge in [-0.05, 0) is 48.1 Å². The second-order valence-electron chi connectivity index (χ2n) is 3.56. The van der Waals surface area contributed by atoms with Gasteiger partial charge < -0.3 is 5.73 Å². The fraction of sp³-hybridized carbons (Fsp3) is 0.455. The Morgan fingerprint density at radius 3 is 2.92 bits per heavy atom. The highest BCUT2D eigenvalue weighted by Crippen LogP contribution is 2.28. The van der Waals surface area contributed by atoms with Crippen molar-refractivity contribution in [3.63, 3.8) is 0 Å². The molecule has 0 saturated heterocycles. The maximum atomic E-state index is 6.15. The van der Waals surface area contributed by atoms with Crippen LogP contribution in [0, 0.1) is 0 Å². The van der Waals surface area contributed by atoms with E-state index in [1.807, 2.05) is 0 Å². The van der Waals surface area contributed by atoms with E-state index in [-0.39, 0.29) is 6.04 Å². The third kappa shape index (κ3) is 2.01. The zero-order valence-electron chi connectivity index (χ0n) is 7.70. The lowest BCUT2D eigenvalue weighted by molar-refractivity contribution is 0.649. The van der Waals surface area contributed by atoms with Crippen molar-refractivity contribution < 1.29 is 0 Å². The van der Waals surface area contributed by atoms with Gasteiger partial charge in [0.2, 0.25) is 0 Å². The quantitative estimate of drug-likeness (QED) is 0.717. The topological polar surface area (TPSA) is 26.0 Å². The second kappa shape index (κ2) is 4.07. The summed E-state index contributed by atoms with van der Waals surface area (Å²) >= 11 is 1.72. The first-order chi connectivity index (χ1) is 6.38. The molecule has 70 valence electrons. The van der Waals surface area contributed by atoms with Crippen molar-refractivity contribution >= 4 is 11.3 Å². The molecule has 1 atom stereocenters. The van der Waals surface area contributed by atoms with Crippen molar-refractivity contribution in [2.75, 3.05) is 0 Å². The molecule has 0 spiro atoms. The van der Waals surface area contributed by atoms with Crippen LogP contribution < -0.4 is 5.73 Å². The van der Waals surface area contributed by atoms with E-state index in [0.717, 1.165) is 0 Å². The first kappa shape index (κ1) is 8.97. The third-order valence-electron chi connectivity index (χ3n) is 2.63. The Bertz CT molecular complexity index is 287. The van der Waals surface area contributed by atoms with Gasteiger partial charge in [-0.2, -0.15) is 11.3 Å². The van der Waals surface area contributed by atoms with Gasteiger partial charge in [-0.15, -0.1) is 0 Å². The maximum Gasteiger partial charge on any atom is 0.0519 e. The van der Waals surface area contributed by atoms with E-state index in [1.54, 1.807) is 11.3 Å². The van der Waals surface area contributed by atoms with Crippen molar-refractivity contribution in [3.05, 3.63) is 34.0 Å². The van der Waals surface area contributed by atoms with Crippen molar-refractivity contribution in [3.8, 4) is 0 Å². The minimum Gasteiger partial charge on any atom is -0.321 e. The highest BCUT2D eigenvalue weighted by atomic mass is 32.1. The highest BCUT2D eigenvalue weighted by Gasteiger charge is 2.13. The zero-order chi connectivity index (χ0) is 9.10. The molecule has 0 bridgehead atoms. The summed E-state index contributed by atoms with van der Waals surface area (Å²) in [6.07, 6.45) is 7.37. The molecule has 1 aromatic heterocycles. The lowest BCUT2D eigenvalue weighted by atomic mass is 9.92. The van der Waals surface area contributed by atoms with Gasteiger partial charge in [0.25, 0.3) is 0 Å². The van der Waals surface area contributed by atoms with Crippen molar-refractivity contribution in [2.45, 2.75) is 31.7 Å². The fourth-order valence-corrected chi connectivity index (χ4v) is 2.51. The second-order valence-corrected chi connectivity index (χ2v) is 4.34. The van der Waals surface area contributed by atoms with Crippen LogP contribution in [0.4, 0.5) is 0 Å². The monoisotopic (exact) mass is 193 g/mol. The van der Waals surface area contributed by atoms with Crippen molar-refractivity contribution in [1.29, 1.82) is 0 Å². The van der Waals surface area contributed by atoms with Crippen LogP contribution in [-0.4, -0.2) is 0 Å². The molecule has 2 heteroatoms. The van der Waals surface area contributed by atoms with Crippen molar-refractivity contribution in [1.82, 2.24) is 0 Å². The molecule has 0 aliphatic heterocycles. The van der Waals surface area contributed by atoms with Crippen LogP contribution in [0.15, 0.2) is 28.5 Å². The Morgan fingerprint density at radius 1 is 1.38 bits per heavy atom. The molecule has 13 heavy (non-hydrogen) atoms. The number of allylic oxidation sites excluding steroid dienone is 1. The van der Waals surface area contributed by atoms with E-state index in [0.29, 0.717) is 0 Å². The summed E-state index contributed by atoms with van der Waals surface area (Å²) < 4.78 is 0. The predicted molar refractivity (Wildman–Crippen MR) is 57.8 cm³/mol. The van der Waals surface area contributed by atoms with Crippen LogP contribution >= 0.6 is 11.3 Å². The normalized spacial score (nSPS) is 19.6. The molecule has 1 aliphatic rings. The molecule has 0 aromatic carbocycles. The van der Waals surface area contributed by atoms with E-state index in [4.69, 9.17) is 5.73 Å². The van der Waals surface area contributed by atoms with Gasteiger partial charge in [-0.1, -0.05) is 11.6 Å². The minimum absolute atomic E-state index is 0.159. The largest absolute Gasteiger partial charge is 0.321 e. The van der Waals surface area contributed by atoms with Gasteiger partial charge in [0, 0.05) is 0 Å². The van der Waals surface area contributed by atoms with Crippen LogP contribution in [0.25, 0.3) is 0 Å². The summed E-state index contributed by atoms with van der Waals surface area (Å²) in [6.45, 7) is 0. The smallest absolute Gasteiger partial charge is 0.0519 e. The third-order valence-corrected chi connectivity index (χ3v) is 3.33. The van der Waals surface area contributed by atoms with Crippen LogP contribution in [0.1, 0.15) is 37.3 Å². The van der Waals surface area contributed by atoms with E-state index in [2.05, 4.69) is 22.9 Å². The average Bonchev–Trinajstić information content (AvgIpc) is 2.71. The number of hydrogen-bond donors (Lipinski definition) is 1. The van der Waals surface area contributed by atoms with E-state index in [1.165, 1.54) is 36.8 Å². The van der Waals surface area contributed by atoms with Crippen molar-refractivity contribution in [2.24, 2.45) is 5.73 Å². The molecule has 1 unspecified atom stereocenters. The first-order valence-corrected chi connectivity index (χ1v) is 5.79. The summed E-state index contributed by atoms with van der Waals surface area (Å²) in [6, 6.07) is 2.29. The summed E-state index contributed by atoms with van der Waals surface area (Å²) in [5, 5.41) is 4.25. The molecule has 1 aromatic rings. The Balaban J connectivity index is 2.12. The molecule has 0 amide bonds. The molecule has 2 rings (SSSR count). The van der Waals surface area contributed by atoms with Gasteiger partial charge in [-0.3, -0.25) is 0 Å². The fourth-order valence-electron chi connectivity index (χ4n) is 1.81. The van der Waals surface area contributed by atoms with Crippen LogP contribution in [0.3, 0.4) is 0 Å². The molecule has 1 aliphatic carbocycles. The number of nitrogens with two attached hydrogens (primary N) is 1. The molecular formula is C11H15NS. The minimum atomic E-state index is 0.159. The summed E-state index contributed by atoms with van der Waals surface area (Å²) in [5.74, 6) is 0. The molecule has 0 fully saturated rings. The standard InChI is InChI=1S/C11H15NS/c12-11(10-6-7-13-8-10)9-4-2-1-3-5-9/h4,6-8,11H,1-3,5,12H2. The average molecular weight is 193 g/mol. The summed E-state index contributed by atoms with van der Waals surface area (Å²) in [4.78, 5) is 0. The van der Waals surface area contributed by atoms with Crippen LogP contribution in [0.5, 0.6) is 0 Å². The Kier molecular flexibility index (Phi) is 2.81. The lowest BCUT2D eigenvalue weighted by Gasteiger charge is -2.18. The van der Waals surface area contributed by atoms with Crippen LogP contribution in [0.2, 0.25) is 0 Å². The molecule has 2 N–H and O–H groups in total. The van der Waals surface area contributed by atoms with Crippen LogP contribution in [-0.2, 0) is 0 Å². The molecule has 1 heterocycles.